The molecule has 2 fully saturated rings. The van der Waals surface area contributed by atoms with Crippen molar-refractivity contribution in [2.24, 2.45) is 0 Å². The first-order chi connectivity index (χ1) is 9.44. The first-order valence-electron chi connectivity index (χ1n) is 6.46. The highest BCUT2D eigenvalue weighted by atomic mass is 35.5. The molecule has 1 aromatic rings. The molecule has 1 atom stereocenters. The molecule has 0 aromatic carbocycles. The lowest BCUT2D eigenvalue weighted by Crippen LogP contribution is -2.56. The van der Waals surface area contributed by atoms with Crippen molar-refractivity contribution >= 4 is 23.4 Å². The zero-order chi connectivity index (χ0) is 14.3. The van der Waals surface area contributed by atoms with E-state index in [1.807, 2.05) is 11.8 Å². The van der Waals surface area contributed by atoms with Gasteiger partial charge in [-0.15, -0.1) is 0 Å². The van der Waals surface area contributed by atoms with Gasteiger partial charge in [-0.1, -0.05) is 11.6 Å². The minimum atomic E-state index is -2.64. The van der Waals surface area contributed by atoms with Crippen molar-refractivity contribution in [3.8, 4) is 0 Å². The molecule has 3 heterocycles. The van der Waals surface area contributed by atoms with Crippen LogP contribution in [0.4, 0.5) is 20.5 Å². The molecule has 2 saturated heterocycles. The van der Waals surface area contributed by atoms with Crippen molar-refractivity contribution in [3.05, 3.63) is 11.2 Å². The molecule has 1 aromatic heterocycles. The third kappa shape index (κ3) is 2.64. The maximum absolute atomic E-state index is 12.9. The molecule has 2 aliphatic rings. The van der Waals surface area contributed by atoms with Crippen molar-refractivity contribution < 1.29 is 13.5 Å². The van der Waals surface area contributed by atoms with Gasteiger partial charge in [-0.25, -0.2) is 13.8 Å². The largest absolute Gasteiger partial charge is 0.377 e. The second kappa shape index (κ2) is 4.96. The predicted molar refractivity (Wildman–Crippen MR) is 71.8 cm³/mol. The fraction of sp³-hybridized carbons (Fsp3) is 0.667. The predicted octanol–water partition coefficient (Wildman–Crippen LogP) is 1.81. The Balaban J connectivity index is 1.83. The van der Waals surface area contributed by atoms with E-state index in [1.165, 1.54) is 11.0 Å². The van der Waals surface area contributed by atoms with Gasteiger partial charge in [0.1, 0.15) is 11.0 Å². The van der Waals surface area contributed by atoms with E-state index in [9.17, 15) is 8.78 Å². The van der Waals surface area contributed by atoms with Crippen LogP contribution in [0.1, 0.15) is 6.92 Å². The second-order valence-corrected chi connectivity index (χ2v) is 5.57. The Morgan fingerprint density at radius 3 is 2.80 bits per heavy atom. The van der Waals surface area contributed by atoms with Crippen molar-refractivity contribution in [2.45, 2.75) is 18.9 Å². The molecule has 0 aliphatic carbocycles. The summed E-state index contributed by atoms with van der Waals surface area (Å²) in [7, 11) is 0. The van der Waals surface area contributed by atoms with Crippen LogP contribution < -0.4 is 9.80 Å². The molecule has 110 valence electrons. The van der Waals surface area contributed by atoms with Crippen LogP contribution >= 0.6 is 11.6 Å². The molecule has 3 rings (SSSR count). The minimum absolute atomic E-state index is 0.132. The Morgan fingerprint density at radius 2 is 2.15 bits per heavy atom. The Hall–Kier alpha value is -1.21. The summed E-state index contributed by atoms with van der Waals surface area (Å²) in [5.41, 5.74) is 0. The van der Waals surface area contributed by atoms with E-state index >= 15 is 0 Å². The van der Waals surface area contributed by atoms with Crippen molar-refractivity contribution in [1.82, 2.24) is 9.97 Å². The zero-order valence-corrected chi connectivity index (χ0v) is 11.8. The van der Waals surface area contributed by atoms with Gasteiger partial charge in [0.2, 0.25) is 5.95 Å². The van der Waals surface area contributed by atoms with E-state index in [0.717, 1.165) is 0 Å². The van der Waals surface area contributed by atoms with Crippen LogP contribution in [0.3, 0.4) is 0 Å². The van der Waals surface area contributed by atoms with E-state index in [1.54, 1.807) is 0 Å². The number of nitrogens with zero attached hydrogens (tertiary/aromatic N) is 4. The van der Waals surface area contributed by atoms with Gasteiger partial charge in [-0.3, -0.25) is 0 Å². The van der Waals surface area contributed by atoms with Crippen LogP contribution in [0.15, 0.2) is 6.07 Å². The van der Waals surface area contributed by atoms with Gasteiger partial charge in [0.15, 0.2) is 0 Å². The Labute approximate surface area is 120 Å². The molecule has 0 saturated carbocycles. The highest BCUT2D eigenvalue weighted by Gasteiger charge is 2.44. The van der Waals surface area contributed by atoms with Gasteiger partial charge in [0, 0.05) is 12.6 Å². The quantitative estimate of drug-likeness (QED) is 0.780. The molecule has 0 spiro atoms. The van der Waals surface area contributed by atoms with E-state index in [4.69, 9.17) is 16.3 Å². The van der Waals surface area contributed by atoms with Crippen LogP contribution in [0.5, 0.6) is 0 Å². The summed E-state index contributed by atoms with van der Waals surface area (Å²) in [6, 6.07) is 1.65. The van der Waals surface area contributed by atoms with Gasteiger partial charge in [0.25, 0.3) is 5.92 Å². The van der Waals surface area contributed by atoms with Crippen molar-refractivity contribution in [3.63, 3.8) is 0 Å². The molecule has 0 N–H and O–H groups in total. The number of rotatable bonds is 2. The normalized spacial score (nSPS) is 25.5. The molecule has 0 amide bonds. The third-order valence-electron chi connectivity index (χ3n) is 3.46. The van der Waals surface area contributed by atoms with E-state index in [2.05, 4.69) is 9.97 Å². The summed E-state index contributed by atoms with van der Waals surface area (Å²) in [6.45, 7) is 3.21. The average Bonchev–Trinajstić information content (AvgIpc) is 2.35. The molecule has 2 aliphatic heterocycles. The fourth-order valence-corrected chi connectivity index (χ4v) is 2.56. The topological polar surface area (TPSA) is 41.5 Å². The zero-order valence-electron chi connectivity index (χ0n) is 11.0. The van der Waals surface area contributed by atoms with Gasteiger partial charge in [-0.05, 0) is 6.92 Å². The number of alkyl halides is 2. The van der Waals surface area contributed by atoms with E-state index in [-0.39, 0.29) is 24.3 Å². The van der Waals surface area contributed by atoms with Crippen LogP contribution in [-0.2, 0) is 4.74 Å². The Kier molecular flexibility index (Phi) is 3.41. The van der Waals surface area contributed by atoms with E-state index in [0.29, 0.717) is 31.5 Å². The van der Waals surface area contributed by atoms with Crippen molar-refractivity contribution in [2.75, 3.05) is 42.6 Å². The number of ether oxygens (including phenoxy) is 1. The second-order valence-electron chi connectivity index (χ2n) is 5.18. The molecule has 0 radical (unpaired) electrons. The third-order valence-corrected chi connectivity index (χ3v) is 3.66. The monoisotopic (exact) mass is 304 g/mol. The number of hydrogen-bond donors (Lipinski definition) is 0. The standard InChI is InChI=1S/C12H15ClF2N4O/c1-8-5-20-3-2-19(8)11-16-9(13)4-10(17-11)18-6-12(14,15)7-18/h4,8H,2-3,5-7H2,1H3. The van der Waals surface area contributed by atoms with Gasteiger partial charge in [-0.2, -0.15) is 4.98 Å². The lowest BCUT2D eigenvalue weighted by atomic mass is 10.1. The summed E-state index contributed by atoms with van der Waals surface area (Å²) in [5.74, 6) is -1.72. The summed E-state index contributed by atoms with van der Waals surface area (Å²) >= 11 is 5.99. The number of hydrogen-bond acceptors (Lipinski definition) is 5. The molecule has 0 bridgehead atoms. The fourth-order valence-electron chi connectivity index (χ4n) is 2.38. The van der Waals surface area contributed by atoms with Crippen LogP contribution in [0.2, 0.25) is 5.15 Å². The van der Waals surface area contributed by atoms with Gasteiger partial charge < -0.3 is 14.5 Å². The minimum Gasteiger partial charge on any atom is -0.377 e. The molecular formula is C12H15ClF2N4O. The highest BCUT2D eigenvalue weighted by Crippen LogP contribution is 2.32. The van der Waals surface area contributed by atoms with Gasteiger partial charge >= 0.3 is 0 Å². The highest BCUT2D eigenvalue weighted by molar-refractivity contribution is 6.29. The lowest BCUT2D eigenvalue weighted by molar-refractivity contribution is -0.0267. The molecule has 20 heavy (non-hydrogen) atoms. The van der Waals surface area contributed by atoms with E-state index < -0.39 is 5.92 Å². The molecular weight excluding hydrogens is 290 g/mol. The van der Waals surface area contributed by atoms with Gasteiger partial charge in [0.05, 0.1) is 32.3 Å². The maximum atomic E-state index is 12.9. The Morgan fingerprint density at radius 1 is 1.40 bits per heavy atom. The first kappa shape index (κ1) is 13.8. The summed E-state index contributed by atoms with van der Waals surface area (Å²) < 4.78 is 31.3. The van der Waals surface area contributed by atoms with Crippen molar-refractivity contribution in [1.29, 1.82) is 0 Å². The molecule has 5 nitrogen and oxygen atoms in total. The Bertz CT molecular complexity index is 508. The van der Waals surface area contributed by atoms with Crippen LogP contribution in [0.25, 0.3) is 0 Å². The SMILES string of the molecule is CC1COCCN1c1nc(Cl)cc(N2CC(F)(F)C2)n1. The van der Waals surface area contributed by atoms with Crippen LogP contribution in [0, 0.1) is 0 Å². The van der Waals surface area contributed by atoms with Crippen LogP contribution in [-0.4, -0.2) is 54.8 Å². The maximum Gasteiger partial charge on any atom is 0.282 e. The average molecular weight is 305 g/mol. The summed E-state index contributed by atoms with van der Waals surface area (Å²) in [6.07, 6.45) is 0. The number of morpholine rings is 1. The number of aromatic nitrogens is 2. The molecule has 1 unspecified atom stereocenters. The summed E-state index contributed by atoms with van der Waals surface area (Å²) in [5, 5.41) is 0.263. The number of anilines is 2. The smallest absolute Gasteiger partial charge is 0.282 e. The summed E-state index contributed by atoms with van der Waals surface area (Å²) in [4.78, 5) is 12.0. The lowest BCUT2D eigenvalue weighted by Gasteiger charge is -2.40. The first-order valence-corrected chi connectivity index (χ1v) is 6.84. The molecule has 8 heteroatoms. The number of halogens is 3.